The minimum atomic E-state index is 0.112. The number of hydrogen-bond donors (Lipinski definition) is 1. The van der Waals surface area contributed by atoms with E-state index in [0.29, 0.717) is 17.5 Å². The topological polar surface area (TPSA) is 64.1 Å². The van der Waals surface area contributed by atoms with Gasteiger partial charge in [-0.3, -0.25) is 0 Å². The fourth-order valence-electron chi connectivity index (χ4n) is 1.53. The summed E-state index contributed by atoms with van der Waals surface area (Å²) in [6.07, 6.45) is 2.49. The molecule has 0 spiro atoms. The van der Waals surface area contributed by atoms with E-state index in [4.69, 9.17) is 8.83 Å². The lowest BCUT2D eigenvalue weighted by Gasteiger charge is -2.09. The molecule has 0 aliphatic heterocycles. The zero-order valence-electron chi connectivity index (χ0n) is 9.43. The number of hydrogen-bond acceptors (Lipinski definition) is 5. The highest BCUT2D eigenvalue weighted by atomic mass is 16.4. The summed E-state index contributed by atoms with van der Waals surface area (Å²) in [5.74, 6) is 1.64. The zero-order chi connectivity index (χ0) is 11.4. The van der Waals surface area contributed by atoms with Crippen molar-refractivity contribution in [1.82, 2.24) is 15.5 Å². The SMILES string of the molecule is CCNC(CC)c1nnc(-c2ccco2)o1. The van der Waals surface area contributed by atoms with Gasteiger partial charge in [0, 0.05) is 0 Å². The number of rotatable bonds is 5. The first-order valence-corrected chi connectivity index (χ1v) is 5.45. The summed E-state index contributed by atoms with van der Waals surface area (Å²) in [5.41, 5.74) is 0. The first-order valence-electron chi connectivity index (χ1n) is 5.45. The highest BCUT2D eigenvalue weighted by molar-refractivity contribution is 5.42. The number of furan rings is 1. The van der Waals surface area contributed by atoms with Crippen LogP contribution in [-0.4, -0.2) is 16.7 Å². The van der Waals surface area contributed by atoms with Crippen molar-refractivity contribution in [2.75, 3.05) is 6.54 Å². The van der Waals surface area contributed by atoms with Gasteiger partial charge in [0.05, 0.1) is 12.3 Å². The fourth-order valence-corrected chi connectivity index (χ4v) is 1.53. The fraction of sp³-hybridized carbons (Fsp3) is 0.455. The van der Waals surface area contributed by atoms with E-state index >= 15 is 0 Å². The highest BCUT2D eigenvalue weighted by Crippen LogP contribution is 2.22. The van der Waals surface area contributed by atoms with E-state index in [0.717, 1.165) is 13.0 Å². The second-order valence-electron chi connectivity index (χ2n) is 3.44. The molecule has 0 amide bonds. The Balaban J connectivity index is 2.18. The minimum Gasteiger partial charge on any atom is -0.459 e. The van der Waals surface area contributed by atoms with E-state index < -0.39 is 0 Å². The van der Waals surface area contributed by atoms with Gasteiger partial charge in [-0.05, 0) is 25.1 Å². The largest absolute Gasteiger partial charge is 0.459 e. The second kappa shape index (κ2) is 4.94. The predicted octanol–water partition coefficient (Wildman–Crippen LogP) is 2.39. The maximum atomic E-state index is 5.56. The van der Waals surface area contributed by atoms with Crippen molar-refractivity contribution in [2.24, 2.45) is 0 Å². The van der Waals surface area contributed by atoms with E-state index in [1.54, 1.807) is 18.4 Å². The molecule has 0 aromatic carbocycles. The smallest absolute Gasteiger partial charge is 0.283 e. The van der Waals surface area contributed by atoms with Crippen LogP contribution in [0.3, 0.4) is 0 Å². The summed E-state index contributed by atoms with van der Waals surface area (Å²) >= 11 is 0. The van der Waals surface area contributed by atoms with Gasteiger partial charge < -0.3 is 14.2 Å². The standard InChI is InChI=1S/C11H15N3O2/c1-3-8(12-4-2)10-13-14-11(16-10)9-6-5-7-15-9/h5-8,12H,3-4H2,1-2H3. The highest BCUT2D eigenvalue weighted by Gasteiger charge is 2.17. The summed E-state index contributed by atoms with van der Waals surface area (Å²) < 4.78 is 10.7. The lowest BCUT2D eigenvalue weighted by Crippen LogP contribution is -2.20. The Morgan fingerprint density at radius 1 is 1.38 bits per heavy atom. The lowest BCUT2D eigenvalue weighted by atomic mass is 10.2. The third kappa shape index (κ3) is 2.14. The van der Waals surface area contributed by atoms with Crippen LogP contribution in [0.25, 0.3) is 11.7 Å². The van der Waals surface area contributed by atoms with E-state index in [9.17, 15) is 0 Å². The Labute approximate surface area is 93.9 Å². The Hall–Kier alpha value is -1.62. The quantitative estimate of drug-likeness (QED) is 0.839. The molecule has 0 aliphatic carbocycles. The van der Waals surface area contributed by atoms with Crippen molar-refractivity contribution >= 4 is 0 Å². The molecule has 0 saturated carbocycles. The Morgan fingerprint density at radius 2 is 2.25 bits per heavy atom. The Morgan fingerprint density at radius 3 is 2.88 bits per heavy atom. The Bertz CT molecular complexity index is 422. The Kier molecular flexibility index (Phi) is 3.36. The number of aromatic nitrogens is 2. The molecule has 2 heterocycles. The zero-order valence-corrected chi connectivity index (χ0v) is 9.43. The van der Waals surface area contributed by atoms with Gasteiger partial charge in [-0.25, -0.2) is 0 Å². The third-order valence-electron chi connectivity index (χ3n) is 2.33. The molecule has 2 rings (SSSR count). The molecule has 0 aliphatic rings. The molecule has 5 heteroatoms. The average Bonchev–Trinajstić information content (AvgIpc) is 2.95. The van der Waals surface area contributed by atoms with Crippen molar-refractivity contribution in [2.45, 2.75) is 26.3 Å². The molecule has 1 unspecified atom stereocenters. The monoisotopic (exact) mass is 221 g/mol. The summed E-state index contributed by atoms with van der Waals surface area (Å²) in [6, 6.07) is 3.70. The molecule has 16 heavy (non-hydrogen) atoms. The van der Waals surface area contributed by atoms with Crippen LogP contribution in [0.4, 0.5) is 0 Å². The van der Waals surface area contributed by atoms with E-state index in [1.165, 1.54) is 0 Å². The van der Waals surface area contributed by atoms with E-state index in [1.807, 2.05) is 6.92 Å². The van der Waals surface area contributed by atoms with Crippen LogP contribution < -0.4 is 5.32 Å². The summed E-state index contributed by atoms with van der Waals surface area (Å²) in [4.78, 5) is 0. The molecule has 2 aromatic rings. The van der Waals surface area contributed by atoms with Crippen LogP contribution in [0, 0.1) is 0 Å². The third-order valence-corrected chi connectivity index (χ3v) is 2.33. The van der Waals surface area contributed by atoms with Crippen LogP contribution >= 0.6 is 0 Å². The second-order valence-corrected chi connectivity index (χ2v) is 3.44. The maximum absolute atomic E-state index is 5.56. The maximum Gasteiger partial charge on any atom is 0.283 e. The number of nitrogens with zero attached hydrogens (tertiary/aromatic N) is 2. The first-order chi connectivity index (χ1) is 7.85. The van der Waals surface area contributed by atoms with Crippen LogP contribution in [0.1, 0.15) is 32.2 Å². The minimum absolute atomic E-state index is 0.112. The van der Waals surface area contributed by atoms with Gasteiger partial charge >= 0.3 is 0 Å². The molecule has 1 N–H and O–H groups in total. The van der Waals surface area contributed by atoms with Crippen LogP contribution in [-0.2, 0) is 0 Å². The molecule has 0 saturated heterocycles. The van der Waals surface area contributed by atoms with Crippen LogP contribution in [0.15, 0.2) is 27.2 Å². The van der Waals surface area contributed by atoms with Gasteiger partial charge in [0.2, 0.25) is 5.89 Å². The molecule has 5 nitrogen and oxygen atoms in total. The molecule has 1 atom stereocenters. The molecular formula is C11H15N3O2. The van der Waals surface area contributed by atoms with Crippen molar-refractivity contribution < 1.29 is 8.83 Å². The average molecular weight is 221 g/mol. The van der Waals surface area contributed by atoms with Crippen LogP contribution in [0.2, 0.25) is 0 Å². The molecule has 2 aromatic heterocycles. The van der Waals surface area contributed by atoms with Gasteiger partial charge in [-0.2, -0.15) is 0 Å². The lowest BCUT2D eigenvalue weighted by molar-refractivity contribution is 0.396. The van der Waals surface area contributed by atoms with Gasteiger partial charge in [-0.15, -0.1) is 10.2 Å². The summed E-state index contributed by atoms with van der Waals surface area (Å²) in [5, 5.41) is 11.3. The first kappa shape index (κ1) is 10.9. The molecule has 0 bridgehead atoms. The van der Waals surface area contributed by atoms with Crippen molar-refractivity contribution in [3.05, 3.63) is 24.3 Å². The van der Waals surface area contributed by atoms with E-state index in [2.05, 4.69) is 22.4 Å². The van der Waals surface area contributed by atoms with Crippen molar-refractivity contribution in [3.8, 4) is 11.7 Å². The molecule has 86 valence electrons. The summed E-state index contributed by atoms with van der Waals surface area (Å²) in [7, 11) is 0. The molecular weight excluding hydrogens is 206 g/mol. The van der Waals surface area contributed by atoms with E-state index in [-0.39, 0.29) is 6.04 Å². The van der Waals surface area contributed by atoms with Crippen LogP contribution in [0.5, 0.6) is 0 Å². The van der Waals surface area contributed by atoms with Crippen molar-refractivity contribution in [1.29, 1.82) is 0 Å². The van der Waals surface area contributed by atoms with Gasteiger partial charge in [0.1, 0.15) is 0 Å². The van der Waals surface area contributed by atoms with Gasteiger partial charge in [0.15, 0.2) is 5.76 Å². The molecule has 0 radical (unpaired) electrons. The van der Waals surface area contributed by atoms with Gasteiger partial charge in [0.25, 0.3) is 5.89 Å². The summed E-state index contributed by atoms with van der Waals surface area (Å²) in [6.45, 7) is 4.99. The number of nitrogens with one attached hydrogen (secondary N) is 1. The van der Waals surface area contributed by atoms with Gasteiger partial charge in [-0.1, -0.05) is 13.8 Å². The molecule has 0 fully saturated rings. The predicted molar refractivity (Wildman–Crippen MR) is 58.7 cm³/mol. The van der Waals surface area contributed by atoms with Crippen molar-refractivity contribution in [3.63, 3.8) is 0 Å². The normalized spacial score (nSPS) is 12.9.